The normalized spacial score (nSPS) is 11.2. The van der Waals surface area contributed by atoms with Crippen LogP contribution in [0.1, 0.15) is 0 Å². The van der Waals surface area contributed by atoms with Gasteiger partial charge >= 0.3 is 0 Å². The molecule has 0 aliphatic carbocycles. The standard InChI is InChI=1S/C16H10F2N4/c17-12-7-11-14(8-13(12)18)20-9-16(11)22-15(3-6-21-22)10-1-4-19-5-2-10/h1-9,20H. The van der Waals surface area contributed by atoms with E-state index in [2.05, 4.69) is 15.1 Å². The van der Waals surface area contributed by atoms with Gasteiger partial charge in [-0.05, 0) is 24.3 Å². The van der Waals surface area contributed by atoms with Crippen molar-refractivity contribution in [3.05, 3.63) is 66.8 Å². The molecule has 3 heterocycles. The summed E-state index contributed by atoms with van der Waals surface area (Å²) in [5.41, 5.74) is 2.95. The number of rotatable bonds is 2. The van der Waals surface area contributed by atoms with E-state index in [1.54, 1.807) is 29.5 Å². The van der Waals surface area contributed by atoms with Crippen molar-refractivity contribution in [3.8, 4) is 16.9 Å². The Morgan fingerprint density at radius 3 is 2.55 bits per heavy atom. The lowest BCUT2D eigenvalue weighted by Gasteiger charge is -2.06. The number of H-pyrrole nitrogens is 1. The topological polar surface area (TPSA) is 46.5 Å². The average molecular weight is 296 g/mol. The summed E-state index contributed by atoms with van der Waals surface area (Å²) in [6.45, 7) is 0. The van der Waals surface area contributed by atoms with Crippen LogP contribution in [0.2, 0.25) is 0 Å². The molecule has 0 bridgehead atoms. The maximum Gasteiger partial charge on any atom is 0.160 e. The Morgan fingerprint density at radius 1 is 0.955 bits per heavy atom. The Labute approximate surface area is 124 Å². The van der Waals surface area contributed by atoms with Crippen LogP contribution in [0.4, 0.5) is 8.78 Å². The number of fused-ring (bicyclic) bond motifs is 1. The van der Waals surface area contributed by atoms with Crippen LogP contribution in [0.15, 0.2) is 55.1 Å². The van der Waals surface area contributed by atoms with Crippen LogP contribution in [0, 0.1) is 11.6 Å². The van der Waals surface area contributed by atoms with Crippen molar-refractivity contribution >= 4 is 10.9 Å². The van der Waals surface area contributed by atoms with E-state index in [9.17, 15) is 8.78 Å². The highest BCUT2D eigenvalue weighted by Gasteiger charge is 2.14. The summed E-state index contributed by atoms with van der Waals surface area (Å²) in [4.78, 5) is 6.94. The minimum Gasteiger partial charge on any atom is -0.359 e. The third-order valence-electron chi connectivity index (χ3n) is 3.55. The SMILES string of the molecule is Fc1cc2[nH]cc(-n3nccc3-c3ccncc3)c2cc1F. The Hall–Kier alpha value is -3.02. The first-order chi connectivity index (χ1) is 10.7. The molecule has 0 fully saturated rings. The molecule has 0 saturated carbocycles. The minimum atomic E-state index is -0.883. The van der Waals surface area contributed by atoms with Gasteiger partial charge in [-0.15, -0.1) is 0 Å². The van der Waals surface area contributed by atoms with Crippen LogP contribution in [0.5, 0.6) is 0 Å². The van der Waals surface area contributed by atoms with Gasteiger partial charge in [0, 0.05) is 35.6 Å². The highest BCUT2D eigenvalue weighted by atomic mass is 19.2. The highest BCUT2D eigenvalue weighted by molar-refractivity contribution is 5.89. The summed E-state index contributed by atoms with van der Waals surface area (Å²) in [5.74, 6) is -1.76. The van der Waals surface area contributed by atoms with Crippen molar-refractivity contribution in [1.82, 2.24) is 19.7 Å². The molecule has 0 aliphatic heterocycles. The number of halogens is 2. The molecule has 0 aliphatic rings. The quantitative estimate of drug-likeness (QED) is 0.613. The molecule has 0 saturated heterocycles. The zero-order valence-corrected chi connectivity index (χ0v) is 11.3. The van der Waals surface area contributed by atoms with Crippen molar-refractivity contribution in [3.63, 3.8) is 0 Å². The molecule has 0 spiro atoms. The molecule has 1 N–H and O–H groups in total. The van der Waals surface area contributed by atoms with Gasteiger partial charge in [0.05, 0.1) is 23.1 Å². The number of aromatic amines is 1. The summed E-state index contributed by atoms with van der Waals surface area (Å²) in [7, 11) is 0. The van der Waals surface area contributed by atoms with Gasteiger partial charge in [0.25, 0.3) is 0 Å². The first kappa shape index (κ1) is 12.7. The molecule has 3 aromatic heterocycles. The summed E-state index contributed by atoms with van der Waals surface area (Å²) in [6, 6.07) is 7.90. The second kappa shape index (κ2) is 4.77. The van der Waals surface area contributed by atoms with Gasteiger partial charge in [-0.1, -0.05) is 0 Å². The summed E-state index contributed by atoms with van der Waals surface area (Å²) >= 11 is 0. The molecule has 108 valence electrons. The number of pyridine rings is 1. The Morgan fingerprint density at radius 2 is 1.73 bits per heavy atom. The van der Waals surface area contributed by atoms with Crippen molar-refractivity contribution in [2.45, 2.75) is 0 Å². The van der Waals surface area contributed by atoms with Gasteiger partial charge < -0.3 is 4.98 Å². The second-order valence-electron chi connectivity index (χ2n) is 4.85. The number of benzene rings is 1. The summed E-state index contributed by atoms with van der Waals surface area (Å²) < 4.78 is 28.6. The van der Waals surface area contributed by atoms with Crippen molar-refractivity contribution in [1.29, 1.82) is 0 Å². The molecule has 4 aromatic rings. The van der Waals surface area contributed by atoms with Gasteiger partial charge in [0.1, 0.15) is 0 Å². The third kappa shape index (κ3) is 1.88. The molecule has 0 atom stereocenters. The van der Waals surface area contributed by atoms with E-state index >= 15 is 0 Å². The molecule has 1 aromatic carbocycles. The molecule has 4 nitrogen and oxygen atoms in total. The van der Waals surface area contributed by atoms with Gasteiger partial charge in [0.2, 0.25) is 0 Å². The number of aromatic nitrogens is 4. The van der Waals surface area contributed by atoms with E-state index in [0.29, 0.717) is 16.6 Å². The Balaban J connectivity index is 1.94. The molecule has 4 rings (SSSR count). The first-order valence-corrected chi connectivity index (χ1v) is 6.65. The number of nitrogens with one attached hydrogen (secondary N) is 1. The fourth-order valence-electron chi connectivity index (χ4n) is 2.51. The van der Waals surface area contributed by atoms with Gasteiger partial charge in [-0.3, -0.25) is 4.98 Å². The van der Waals surface area contributed by atoms with Crippen LogP contribution in [-0.2, 0) is 0 Å². The maximum absolute atomic E-state index is 13.5. The molecule has 0 amide bonds. The van der Waals surface area contributed by atoms with Crippen LogP contribution in [0.3, 0.4) is 0 Å². The van der Waals surface area contributed by atoms with Crippen LogP contribution < -0.4 is 0 Å². The molecule has 0 radical (unpaired) electrons. The molecular formula is C16H10F2N4. The number of hydrogen-bond donors (Lipinski definition) is 1. The largest absolute Gasteiger partial charge is 0.359 e. The molecule has 0 unspecified atom stereocenters. The lowest BCUT2D eigenvalue weighted by atomic mass is 10.2. The van der Waals surface area contributed by atoms with Crippen LogP contribution in [-0.4, -0.2) is 19.7 Å². The minimum absolute atomic E-state index is 0.519. The predicted molar refractivity (Wildman–Crippen MR) is 78.6 cm³/mol. The fourth-order valence-corrected chi connectivity index (χ4v) is 2.51. The molecule has 22 heavy (non-hydrogen) atoms. The van der Waals surface area contributed by atoms with Crippen molar-refractivity contribution in [2.75, 3.05) is 0 Å². The maximum atomic E-state index is 13.5. The second-order valence-corrected chi connectivity index (χ2v) is 4.85. The smallest absolute Gasteiger partial charge is 0.160 e. The van der Waals surface area contributed by atoms with Crippen molar-refractivity contribution < 1.29 is 8.78 Å². The van der Waals surface area contributed by atoms with E-state index < -0.39 is 11.6 Å². The van der Waals surface area contributed by atoms with Crippen LogP contribution in [0.25, 0.3) is 27.8 Å². The third-order valence-corrected chi connectivity index (χ3v) is 3.55. The zero-order valence-electron chi connectivity index (χ0n) is 11.3. The summed E-state index contributed by atoms with van der Waals surface area (Å²) in [5, 5.41) is 4.86. The van der Waals surface area contributed by atoms with E-state index in [0.717, 1.165) is 17.3 Å². The average Bonchev–Trinajstić information content (AvgIpc) is 3.15. The lowest BCUT2D eigenvalue weighted by Crippen LogP contribution is -1.98. The first-order valence-electron chi connectivity index (χ1n) is 6.65. The Bertz CT molecular complexity index is 957. The van der Waals surface area contributed by atoms with Gasteiger partial charge in [-0.25, -0.2) is 13.5 Å². The van der Waals surface area contributed by atoms with Gasteiger partial charge in [0.15, 0.2) is 11.6 Å². The van der Waals surface area contributed by atoms with E-state index in [1.165, 1.54) is 6.07 Å². The Kier molecular flexibility index (Phi) is 2.75. The molecular weight excluding hydrogens is 286 g/mol. The zero-order chi connectivity index (χ0) is 15.1. The number of nitrogens with zero attached hydrogens (tertiary/aromatic N) is 3. The fraction of sp³-hybridized carbons (Fsp3) is 0. The van der Waals surface area contributed by atoms with E-state index in [4.69, 9.17) is 0 Å². The van der Waals surface area contributed by atoms with E-state index in [1.807, 2.05) is 18.2 Å². The monoisotopic (exact) mass is 296 g/mol. The predicted octanol–water partition coefficient (Wildman–Crippen LogP) is 3.69. The molecule has 6 heteroatoms. The van der Waals surface area contributed by atoms with Crippen LogP contribution >= 0.6 is 0 Å². The summed E-state index contributed by atoms with van der Waals surface area (Å²) in [6.07, 6.45) is 6.73. The lowest BCUT2D eigenvalue weighted by molar-refractivity contribution is 0.511. The van der Waals surface area contributed by atoms with E-state index in [-0.39, 0.29) is 0 Å². The van der Waals surface area contributed by atoms with Gasteiger partial charge in [-0.2, -0.15) is 5.10 Å². The number of hydrogen-bond acceptors (Lipinski definition) is 2. The highest BCUT2D eigenvalue weighted by Crippen LogP contribution is 2.28. The van der Waals surface area contributed by atoms with Crippen molar-refractivity contribution in [2.24, 2.45) is 0 Å².